The van der Waals surface area contributed by atoms with Gasteiger partial charge in [0.2, 0.25) is 0 Å². The van der Waals surface area contributed by atoms with Crippen LogP contribution in [0.15, 0.2) is 6.33 Å². The molecule has 1 aromatic rings. The van der Waals surface area contributed by atoms with Crippen molar-refractivity contribution in [1.29, 1.82) is 0 Å². The van der Waals surface area contributed by atoms with Crippen molar-refractivity contribution in [2.24, 2.45) is 5.92 Å². The highest BCUT2D eigenvalue weighted by Gasteiger charge is 2.30. The number of ether oxygens (including phenoxy) is 1. The van der Waals surface area contributed by atoms with Crippen molar-refractivity contribution in [3.05, 3.63) is 17.7 Å². The van der Waals surface area contributed by atoms with Crippen LogP contribution in [0, 0.1) is 5.92 Å². The Morgan fingerprint density at radius 1 is 1.27 bits per heavy atom. The third-order valence-electron chi connectivity index (χ3n) is 5.54. The Labute approximate surface area is 131 Å². The van der Waals surface area contributed by atoms with Gasteiger partial charge in [0.25, 0.3) is 0 Å². The highest BCUT2D eigenvalue weighted by Crippen LogP contribution is 2.29. The SMILES string of the molecule is O=C1OCC[C@@H]1CCN1CC[C@@H](n2cnc3c2CCCC3)C1. The third-order valence-corrected chi connectivity index (χ3v) is 5.54. The second-order valence-electron chi connectivity index (χ2n) is 6.94. The molecule has 2 atom stereocenters. The molecule has 0 aromatic carbocycles. The number of carbonyl (C=O) groups excluding carboxylic acids is 1. The molecule has 120 valence electrons. The first-order valence-electron chi connectivity index (χ1n) is 8.75. The van der Waals surface area contributed by atoms with Gasteiger partial charge in [-0.15, -0.1) is 0 Å². The zero-order chi connectivity index (χ0) is 14.9. The lowest BCUT2D eigenvalue weighted by Crippen LogP contribution is -2.26. The Morgan fingerprint density at radius 2 is 2.18 bits per heavy atom. The van der Waals surface area contributed by atoms with Crippen LogP contribution in [0.25, 0.3) is 0 Å². The van der Waals surface area contributed by atoms with Crippen LogP contribution in [0.3, 0.4) is 0 Å². The van der Waals surface area contributed by atoms with E-state index in [1.165, 1.54) is 37.1 Å². The van der Waals surface area contributed by atoms with Crippen LogP contribution in [-0.2, 0) is 22.4 Å². The second-order valence-corrected chi connectivity index (χ2v) is 6.94. The number of likely N-dealkylation sites (tertiary alicyclic amines) is 1. The van der Waals surface area contributed by atoms with E-state index >= 15 is 0 Å². The summed E-state index contributed by atoms with van der Waals surface area (Å²) in [5.74, 6) is 0.152. The summed E-state index contributed by atoms with van der Waals surface area (Å²) in [6.45, 7) is 3.88. The van der Waals surface area contributed by atoms with Gasteiger partial charge in [0.15, 0.2) is 0 Å². The fraction of sp³-hybridized carbons (Fsp3) is 0.765. The number of fused-ring (bicyclic) bond motifs is 1. The van der Waals surface area contributed by atoms with Crippen LogP contribution in [0.2, 0.25) is 0 Å². The molecule has 0 radical (unpaired) electrons. The number of imidazole rings is 1. The summed E-state index contributed by atoms with van der Waals surface area (Å²) < 4.78 is 7.50. The van der Waals surface area contributed by atoms with Crippen LogP contribution in [0.5, 0.6) is 0 Å². The molecule has 3 aliphatic rings. The van der Waals surface area contributed by atoms with Gasteiger partial charge in [-0.25, -0.2) is 4.98 Å². The molecule has 0 N–H and O–H groups in total. The zero-order valence-corrected chi connectivity index (χ0v) is 13.2. The normalized spacial score (nSPS) is 28.8. The number of aromatic nitrogens is 2. The number of hydrogen-bond donors (Lipinski definition) is 0. The van der Waals surface area contributed by atoms with Gasteiger partial charge in [-0.2, -0.15) is 0 Å². The maximum atomic E-state index is 11.5. The summed E-state index contributed by atoms with van der Waals surface area (Å²) in [5.41, 5.74) is 2.82. The lowest BCUT2D eigenvalue weighted by atomic mass is 10.0. The van der Waals surface area contributed by atoms with Crippen molar-refractivity contribution in [1.82, 2.24) is 14.5 Å². The van der Waals surface area contributed by atoms with E-state index in [1.54, 1.807) is 0 Å². The van der Waals surface area contributed by atoms with Crippen LogP contribution < -0.4 is 0 Å². The summed E-state index contributed by atoms with van der Waals surface area (Å²) in [5, 5.41) is 0. The predicted octanol–water partition coefficient (Wildman–Crippen LogP) is 1.96. The average molecular weight is 303 g/mol. The number of nitrogens with zero attached hydrogens (tertiary/aromatic N) is 3. The molecule has 2 aliphatic heterocycles. The van der Waals surface area contributed by atoms with E-state index in [4.69, 9.17) is 4.74 Å². The molecule has 2 fully saturated rings. The average Bonchev–Trinajstić information content (AvgIpc) is 3.24. The molecular weight excluding hydrogens is 278 g/mol. The lowest BCUT2D eigenvalue weighted by Gasteiger charge is -2.20. The van der Waals surface area contributed by atoms with Gasteiger partial charge in [0.05, 0.1) is 24.5 Å². The van der Waals surface area contributed by atoms with Crippen molar-refractivity contribution in [2.45, 2.75) is 51.0 Å². The van der Waals surface area contributed by atoms with Crippen molar-refractivity contribution in [3.8, 4) is 0 Å². The van der Waals surface area contributed by atoms with E-state index in [9.17, 15) is 4.79 Å². The van der Waals surface area contributed by atoms with Gasteiger partial charge in [0.1, 0.15) is 0 Å². The standard InChI is InChI=1S/C17H25N3O2/c21-17-13(7-10-22-17)5-8-19-9-6-14(11-19)20-12-18-15-3-1-2-4-16(15)20/h12-14H,1-11H2/t13-,14+/m0/s1. The third kappa shape index (κ3) is 2.67. The van der Waals surface area contributed by atoms with Crippen LogP contribution >= 0.6 is 0 Å². The maximum absolute atomic E-state index is 11.5. The molecule has 0 saturated carbocycles. The topological polar surface area (TPSA) is 47.4 Å². The van der Waals surface area contributed by atoms with Crippen molar-refractivity contribution >= 4 is 5.97 Å². The van der Waals surface area contributed by atoms with Gasteiger partial charge in [-0.1, -0.05) is 0 Å². The monoisotopic (exact) mass is 303 g/mol. The quantitative estimate of drug-likeness (QED) is 0.798. The molecule has 0 bridgehead atoms. The van der Waals surface area contributed by atoms with Gasteiger partial charge in [0, 0.05) is 24.8 Å². The molecule has 1 aromatic heterocycles. The summed E-state index contributed by atoms with van der Waals surface area (Å²) >= 11 is 0. The minimum Gasteiger partial charge on any atom is -0.465 e. The number of hydrogen-bond acceptors (Lipinski definition) is 4. The molecule has 2 saturated heterocycles. The summed E-state index contributed by atoms with van der Waals surface area (Å²) in [6.07, 6.45) is 10.1. The van der Waals surface area contributed by atoms with Gasteiger partial charge < -0.3 is 14.2 Å². The molecule has 0 unspecified atom stereocenters. The van der Waals surface area contributed by atoms with E-state index in [2.05, 4.69) is 20.8 Å². The maximum Gasteiger partial charge on any atom is 0.309 e. The van der Waals surface area contributed by atoms with Crippen molar-refractivity contribution < 1.29 is 9.53 Å². The van der Waals surface area contributed by atoms with Gasteiger partial charge in [-0.3, -0.25) is 4.79 Å². The molecule has 5 heteroatoms. The highest BCUT2D eigenvalue weighted by molar-refractivity contribution is 5.74. The highest BCUT2D eigenvalue weighted by atomic mass is 16.5. The number of rotatable bonds is 4. The molecule has 4 rings (SSSR count). The van der Waals surface area contributed by atoms with Gasteiger partial charge >= 0.3 is 5.97 Å². The Morgan fingerprint density at radius 3 is 3.05 bits per heavy atom. The van der Waals surface area contributed by atoms with E-state index in [-0.39, 0.29) is 11.9 Å². The van der Waals surface area contributed by atoms with E-state index < -0.39 is 0 Å². The predicted molar refractivity (Wildman–Crippen MR) is 82.6 cm³/mol. The van der Waals surface area contributed by atoms with E-state index in [0.29, 0.717) is 12.6 Å². The number of aryl methyl sites for hydroxylation is 1. The molecule has 5 nitrogen and oxygen atoms in total. The Bertz CT molecular complexity index is 554. The van der Waals surface area contributed by atoms with Crippen LogP contribution in [0.1, 0.15) is 49.5 Å². The number of esters is 1. The molecule has 0 amide bonds. The summed E-state index contributed by atoms with van der Waals surface area (Å²) in [6, 6.07) is 0.574. The Balaban J connectivity index is 1.34. The molecule has 1 aliphatic carbocycles. The minimum absolute atomic E-state index is 0.0134. The first kappa shape index (κ1) is 14.2. The van der Waals surface area contributed by atoms with Crippen molar-refractivity contribution in [2.75, 3.05) is 26.2 Å². The summed E-state index contributed by atoms with van der Waals surface area (Å²) in [4.78, 5) is 18.7. The first-order chi connectivity index (χ1) is 10.8. The van der Waals surface area contributed by atoms with Crippen LogP contribution in [-0.4, -0.2) is 46.7 Å². The Kier molecular flexibility index (Phi) is 3.90. The van der Waals surface area contributed by atoms with E-state index in [0.717, 1.165) is 38.9 Å². The van der Waals surface area contributed by atoms with E-state index in [1.807, 2.05) is 0 Å². The molecular formula is C17H25N3O2. The van der Waals surface area contributed by atoms with Crippen LogP contribution in [0.4, 0.5) is 0 Å². The fourth-order valence-corrected chi connectivity index (χ4v) is 4.19. The van der Waals surface area contributed by atoms with Crippen molar-refractivity contribution in [3.63, 3.8) is 0 Å². The smallest absolute Gasteiger partial charge is 0.309 e. The lowest BCUT2D eigenvalue weighted by molar-refractivity contribution is -0.141. The zero-order valence-electron chi connectivity index (χ0n) is 13.2. The largest absolute Gasteiger partial charge is 0.465 e. The summed E-state index contributed by atoms with van der Waals surface area (Å²) in [7, 11) is 0. The fourth-order valence-electron chi connectivity index (χ4n) is 4.19. The molecule has 3 heterocycles. The molecule has 0 spiro atoms. The molecule has 22 heavy (non-hydrogen) atoms. The number of carbonyl (C=O) groups is 1. The van der Waals surface area contributed by atoms with Gasteiger partial charge in [-0.05, 0) is 51.5 Å². The first-order valence-corrected chi connectivity index (χ1v) is 8.75. The second kappa shape index (κ2) is 6.03. The minimum atomic E-state index is 0.0134. The number of cyclic esters (lactones) is 1. The Hall–Kier alpha value is -1.36.